The molecule has 0 aliphatic heterocycles. The molecule has 0 radical (unpaired) electrons. The van der Waals surface area contributed by atoms with Crippen LogP contribution in [0.25, 0.3) is 0 Å². The number of ketones is 1. The lowest BCUT2D eigenvalue weighted by atomic mass is 9.94. The second-order valence-corrected chi connectivity index (χ2v) is 4.05. The molecule has 1 rings (SSSR count). The van der Waals surface area contributed by atoms with Crippen molar-refractivity contribution in [2.45, 2.75) is 32.6 Å². The first-order chi connectivity index (χ1) is 8.13. The summed E-state index contributed by atoms with van der Waals surface area (Å²) in [5, 5.41) is 0. The van der Waals surface area contributed by atoms with E-state index in [1.54, 1.807) is 14.2 Å². The highest BCUT2D eigenvalue weighted by atomic mass is 16.5. The highest BCUT2D eigenvalue weighted by Gasteiger charge is 2.16. The van der Waals surface area contributed by atoms with Crippen molar-refractivity contribution in [3.8, 4) is 11.5 Å². The van der Waals surface area contributed by atoms with Crippen LogP contribution < -0.4 is 9.47 Å². The van der Waals surface area contributed by atoms with Crippen LogP contribution in [0, 0.1) is 0 Å². The molecule has 0 amide bonds. The fourth-order valence-corrected chi connectivity index (χ4v) is 1.77. The summed E-state index contributed by atoms with van der Waals surface area (Å²) >= 11 is 0. The van der Waals surface area contributed by atoms with E-state index in [4.69, 9.17) is 9.47 Å². The van der Waals surface area contributed by atoms with Crippen LogP contribution in [0.15, 0.2) is 18.2 Å². The van der Waals surface area contributed by atoms with Gasteiger partial charge in [0.1, 0.15) is 5.78 Å². The van der Waals surface area contributed by atoms with Gasteiger partial charge in [0.05, 0.1) is 14.2 Å². The van der Waals surface area contributed by atoms with E-state index < -0.39 is 0 Å². The van der Waals surface area contributed by atoms with Gasteiger partial charge < -0.3 is 9.47 Å². The summed E-state index contributed by atoms with van der Waals surface area (Å²) in [4.78, 5) is 11.8. The lowest BCUT2D eigenvalue weighted by molar-refractivity contribution is -0.120. The van der Waals surface area contributed by atoms with Crippen molar-refractivity contribution in [1.29, 1.82) is 0 Å². The lowest BCUT2D eigenvalue weighted by Crippen LogP contribution is -2.08. The van der Waals surface area contributed by atoms with E-state index in [0.717, 1.165) is 12.0 Å². The second-order valence-electron chi connectivity index (χ2n) is 4.05. The van der Waals surface area contributed by atoms with Gasteiger partial charge in [-0.3, -0.25) is 4.79 Å². The number of Topliss-reactive ketones (excluding diaryl/α,β-unsaturated/α-hetero) is 1. The maximum Gasteiger partial charge on any atom is 0.161 e. The normalized spacial score (nSPS) is 12.0. The van der Waals surface area contributed by atoms with Crippen LogP contribution in [0.5, 0.6) is 11.5 Å². The molecule has 0 saturated carbocycles. The fourth-order valence-electron chi connectivity index (χ4n) is 1.77. The molecule has 94 valence electrons. The molecule has 0 aliphatic rings. The van der Waals surface area contributed by atoms with Crippen LogP contribution in [-0.2, 0) is 4.79 Å². The number of carbonyl (C=O) groups is 1. The zero-order chi connectivity index (χ0) is 12.8. The maximum atomic E-state index is 11.8. The van der Waals surface area contributed by atoms with Gasteiger partial charge in [-0.05, 0) is 24.1 Å². The Hall–Kier alpha value is -1.51. The van der Waals surface area contributed by atoms with E-state index in [-0.39, 0.29) is 11.7 Å². The number of ether oxygens (including phenoxy) is 2. The SMILES string of the molecule is CCCC(=O)C(C)c1ccc(OC)c(OC)c1. The summed E-state index contributed by atoms with van der Waals surface area (Å²) in [5.74, 6) is 1.53. The van der Waals surface area contributed by atoms with Crippen molar-refractivity contribution in [2.24, 2.45) is 0 Å². The molecule has 0 heterocycles. The van der Waals surface area contributed by atoms with Crippen molar-refractivity contribution in [3.63, 3.8) is 0 Å². The molecular formula is C14H20O3. The Kier molecular flexibility index (Phi) is 5.01. The summed E-state index contributed by atoms with van der Waals surface area (Å²) in [6.07, 6.45) is 1.51. The average molecular weight is 236 g/mol. The molecule has 0 aliphatic carbocycles. The molecule has 0 N–H and O–H groups in total. The summed E-state index contributed by atoms with van der Waals surface area (Å²) in [6.45, 7) is 3.94. The van der Waals surface area contributed by atoms with Crippen LogP contribution in [0.1, 0.15) is 38.2 Å². The third kappa shape index (κ3) is 3.22. The number of methoxy groups -OCH3 is 2. The Bertz CT molecular complexity index is 385. The molecule has 0 fully saturated rings. The van der Waals surface area contributed by atoms with Gasteiger partial charge in [-0.1, -0.05) is 19.9 Å². The van der Waals surface area contributed by atoms with Crippen molar-refractivity contribution in [2.75, 3.05) is 14.2 Å². The number of benzene rings is 1. The third-order valence-electron chi connectivity index (χ3n) is 2.89. The number of hydrogen-bond donors (Lipinski definition) is 0. The Labute approximate surface area is 103 Å². The van der Waals surface area contributed by atoms with Crippen molar-refractivity contribution in [3.05, 3.63) is 23.8 Å². The molecule has 0 aromatic heterocycles. The standard InChI is InChI=1S/C14H20O3/c1-5-6-12(15)10(2)11-7-8-13(16-3)14(9-11)17-4/h7-10H,5-6H2,1-4H3. The Balaban J connectivity index is 2.95. The predicted molar refractivity (Wildman–Crippen MR) is 67.9 cm³/mol. The number of carbonyl (C=O) groups excluding carboxylic acids is 1. The topological polar surface area (TPSA) is 35.5 Å². The summed E-state index contributed by atoms with van der Waals surface area (Å²) < 4.78 is 10.4. The molecule has 17 heavy (non-hydrogen) atoms. The molecule has 0 saturated heterocycles. The first kappa shape index (κ1) is 13.6. The lowest BCUT2D eigenvalue weighted by Gasteiger charge is -2.13. The fraction of sp³-hybridized carbons (Fsp3) is 0.500. The van der Waals surface area contributed by atoms with Crippen molar-refractivity contribution >= 4 is 5.78 Å². The Morgan fingerprint density at radius 3 is 2.41 bits per heavy atom. The Morgan fingerprint density at radius 2 is 1.88 bits per heavy atom. The molecule has 1 unspecified atom stereocenters. The van der Waals surface area contributed by atoms with E-state index in [9.17, 15) is 4.79 Å². The predicted octanol–water partition coefficient (Wildman–Crippen LogP) is 3.18. The van der Waals surface area contributed by atoms with E-state index >= 15 is 0 Å². The maximum absolute atomic E-state index is 11.8. The van der Waals surface area contributed by atoms with Gasteiger partial charge in [-0.25, -0.2) is 0 Å². The number of rotatable bonds is 6. The Morgan fingerprint density at radius 1 is 1.24 bits per heavy atom. The zero-order valence-corrected chi connectivity index (χ0v) is 10.9. The monoisotopic (exact) mass is 236 g/mol. The molecule has 1 aromatic rings. The van der Waals surface area contributed by atoms with Gasteiger partial charge in [-0.15, -0.1) is 0 Å². The summed E-state index contributed by atoms with van der Waals surface area (Å²) in [7, 11) is 3.20. The minimum absolute atomic E-state index is 0.0882. The molecule has 1 aromatic carbocycles. The van der Waals surface area contributed by atoms with Gasteiger partial charge in [0.15, 0.2) is 11.5 Å². The zero-order valence-electron chi connectivity index (χ0n) is 10.9. The van der Waals surface area contributed by atoms with Gasteiger partial charge in [0.2, 0.25) is 0 Å². The van der Waals surface area contributed by atoms with Gasteiger partial charge in [0.25, 0.3) is 0 Å². The largest absolute Gasteiger partial charge is 0.493 e. The van der Waals surface area contributed by atoms with E-state index in [1.807, 2.05) is 32.0 Å². The molecular weight excluding hydrogens is 216 g/mol. The molecule has 1 atom stereocenters. The summed E-state index contributed by atoms with van der Waals surface area (Å²) in [6, 6.07) is 5.63. The first-order valence-corrected chi connectivity index (χ1v) is 5.88. The van der Waals surface area contributed by atoms with Crippen LogP contribution >= 0.6 is 0 Å². The van der Waals surface area contributed by atoms with E-state index in [2.05, 4.69) is 0 Å². The average Bonchev–Trinajstić information content (AvgIpc) is 2.37. The van der Waals surface area contributed by atoms with Gasteiger partial charge in [0, 0.05) is 12.3 Å². The smallest absolute Gasteiger partial charge is 0.161 e. The molecule has 0 bridgehead atoms. The van der Waals surface area contributed by atoms with Crippen LogP contribution in [-0.4, -0.2) is 20.0 Å². The molecule has 0 spiro atoms. The minimum atomic E-state index is -0.0882. The second kappa shape index (κ2) is 6.28. The molecule has 3 heteroatoms. The highest BCUT2D eigenvalue weighted by Crippen LogP contribution is 2.31. The van der Waals surface area contributed by atoms with Gasteiger partial charge >= 0.3 is 0 Å². The summed E-state index contributed by atoms with van der Waals surface area (Å²) in [5.41, 5.74) is 0.973. The van der Waals surface area contributed by atoms with Crippen LogP contribution in [0.3, 0.4) is 0 Å². The van der Waals surface area contributed by atoms with Crippen molar-refractivity contribution < 1.29 is 14.3 Å². The highest BCUT2D eigenvalue weighted by molar-refractivity contribution is 5.85. The quantitative estimate of drug-likeness (QED) is 0.761. The third-order valence-corrected chi connectivity index (χ3v) is 2.89. The minimum Gasteiger partial charge on any atom is -0.493 e. The van der Waals surface area contributed by atoms with Gasteiger partial charge in [-0.2, -0.15) is 0 Å². The number of hydrogen-bond acceptors (Lipinski definition) is 3. The van der Waals surface area contributed by atoms with Crippen molar-refractivity contribution in [1.82, 2.24) is 0 Å². The molecule has 3 nitrogen and oxygen atoms in total. The van der Waals surface area contributed by atoms with E-state index in [1.165, 1.54) is 0 Å². The van der Waals surface area contributed by atoms with E-state index in [0.29, 0.717) is 17.9 Å². The van der Waals surface area contributed by atoms with Crippen LogP contribution in [0.4, 0.5) is 0 Å². The first-order valence-electron chi connectivity index (χ1n) is 5.88. The van der Waals surface area contributed by atoms with Crippen LogP contribution in [0.2, 0.25) is 0 Å².